The summed E-state index contributed by atoms with van der Waals surface area (Å²) in [6.45, 7) is 0. The molecule has 3 heteroatoms. The van der Waals surface area contributed by atoms with E-state index in [4.69, 9.17) is 0 Å². The van der Waals surface area contributed by atoms with Crippen LogP contribution < -0.4 is 5.32 Å². The maximum atomic E-state index is 13.3. The molecule has 1 heterocycles. The van der Waals surface area contributed by atoms with Crippen LogP contribution in [-0.2, 0) is 6.42 Å². The Bertz CT molecular complexity index is 720. The number of nitrogens with one attached hydrogen (secondary N) is 1. The third-order valence-electron chi connectivity index (χ3n) is 3.56. The summed E-state index contributed by atoms with van der Waals surface area (Å²) >= 11 is 1.76. The number of halogens is 1. The Hall–Kier alpha value is -1.71. The quantitative estimate of drug-likeness (QED) is 0.742. The van der Waals surface area contributed by atoms with Gasteiger partial charge >= 0.3 is 0 Å². The van der Waals surface area contributed by atoms with Crippen LogP contribution >= 0.6 is 11.3 Å². The summed E-state index contributed by atoms with van der Waals surface area (Å²) in [6, 6.07) is 15.4. The first kappa shape index (κ1) is 13.3. The first-order chi connectivity index (χ1) is 9.78. The van der Waals surface area contributed by atoms with E-state index in [-0.39, 0.29) is 11.9 Å². The number of benzene rings is 2. The van der Waals surface area contributed by atoms with Crippen LogP contribution in [-0.4, -0.2) is 7.05 Å². The van der Waals surface area contributed by atoms with Gasteiger partial charge in [0, 0.05) is 10.7 Å². The molecule has 0 fully saturated rings. The Morgan fingerprint density at radius 1 is 1.15 bits per heavy atom. The molecule has 0 saturated carbocycles. The lowest BCUT2D eigenvalue weighted by Gasteiger charge is -2.16. The number of hydrogen-bond donors (Lipinski definition) is 1. The number of rotatable bonds is 4. The van der Waals surface area contributed by atoms with Crippen LogP contribution in [0.5, 0.6) is 0 Å². The predicted molar refractivity (Wildman–Crippen MR) is 83.7 cm³/mol. The van der Waals surface area contributed by atoms with Gasteiger partial charge in [0.1, 0.15) is 5.82 Å². The van der Waals surface area contributed by atoms with Gasteiger partial charge in [-0.2, -0.15) is 0 Å². The second-order valence-electron chi connectivity index (χ2n) is 4.86. The minimum Gasteiger partial charge on any atom is -0.313 e. The topological polar surface area (TPSA) is 12.0 Å². The SMILES string of the molecule is CNC(Cc1cccc(F)c1)c1csc2ccccc12. The first-order valence-electron chi connectivity index (χ1n) is 6.66. The van der Waals surface area contributed by atoms with Crippen LogP contribution in [0.1, 0.15) is 17.2 Å². The summed E-state index contributed by atoms with van der Waals surface area (Å²) in [7, 11) is 1.95. The Labute approximate surface area is 122 Å². The van der Waals surface area contributed by atoms with Crippen molar-refractivity contribution in [1.82, 2.24) is 5.32 Å². The molecule has 1 atom stereocenters. The van der Waals surface area contributed by atoms with Gasteiger partial charge in [-0.25, -0.2) is 4.39 Å². The van der Waals surface area contributed by atoms with Gasteiger partial charge in [-0.05, 0) is 53.6 Å². The number of fused-ring (bicyclic) bond motifs is 1. The third kappa shape index (κ3) is 2.60. The van der Waals surface area contributed by atoms with E-state index in [1.165, 1.54) is 21.7 Å². The van der Waals surface area contributed by atoms with Crippen molar-refractivity contribution in [2.75, 3.05) is 7.05 Å². The van der Waals surface area contributed by atoms with Gasteiger partial charge in [-0.3, -0.25) is 0 Å². The summed E-state index contributed by atoms with van der Waals surface area (Å²) < 4.78 is 14.6. The van der Waals surface area contributed by atoms with Gasteiger partial charge in [0.25, 0.3) is 0 Å². The van der Waals surface area contributed by atoms with Crippen molar-refractivity contribution in [3.63, 3.8) is 0 Å². The standard InChI is InChI=1S/C17H16FNS/c1-19-16(10-12-5-4-6-13(18)9-12)15-11-20-17-8-3-2-7-14(15)17/h2-9,11,16,19H,10H2,1H3. The smallest absolute Gasteiger partial charge is 0.123 e. The Morgan fingerprint density at radius 3 is 2.80 bits per heavy atom. The Balaban J connectivity index is 1.93. The van der Waals surface area contributed by atoms with Crippen molar-refractivity contribution in [2.24, 2.45) is 0 Å². The van der Waals surface area contributed by atoms with E-state index < -0.39 is 0 Å². The zero-order valence-electron chi connectivity index (χ0n) is 11.3. The van der Waals surface area contributed by atoms with E-state index in [1.807, 2.05) is 13.1 Å². The van der Waals surface area contributed by atoms with E-state index in [0.29, 0.717) is 0 Å². The third-order valence-corrected chi connectivity index (χ3v) is 4.55. The van der Waals surface area contributed by atoms with E-state index in [9.17, 15) is 4.39 Å². The molecule has 0 radical (unpaired) electrons. The van der Waals surface area contributed by atoms with Gasteiger partial charge in [-0.1, -0.05) is 30.3 Å². The number of hydrogen-bond acceptors (Lipinski definition) is 2. The van der Waals surface area contributed by atoms with Crippen molar-refractivity contribution in [2.45, 2.75) is 12.5 Å². The molecule has 2 aromatic carbocycles. The van der Waals surface area contributed by atoms with E-state index >= 15 is 0 Å². The van der Waals surface area contributed by atoms with Crippen LogP contribution in [0.25, 0.3) is 10.1 Å². The first-order valence-corrected chi connectivity index (χ1v) is 7.54. The van der Waals surface area contributed by atoms with Crippen LogP contribution in [0, 0.1) is 5.82 Å². The monoisotopic (exact) mass is 285 g/mol. The molecule has 1 nitrogen and oxygen atoms in total. The molecule has 3 rings (SSSR count). The van der Waals surface area contributed by atoms with Gasteiger partial charge in [0.2, 0.25) is 0 Å². The van der Waals surface area contributed by atoms with Crippen LogP contribution in [0.15, 0.2) is 53.9 Å². The molecule has 0 aliphatic rings. The minimum atomic E-state index is -0.174. The molecule has 102 valence electrons. The van der Waals surface area contributed by atoms with Crippen molar-refractivity contribution in [3.05, 3.63) is 70.9 Å². The zero-order chi connectivity index (χ0) is 13.9. The highest BCUT2D eigenvalue weighted by Crippen LogP contribution is 2.31. The molecular weight excluding hydrogens is 269 g/mol. The fraction of sp³-hybridized carbons (Fsp3) is 0.176. The van der Waals surface area contributed by atoms with Gasteiger partial charge in [0.15, 0.2) is 0 Å². The highest BCUT2D eigenvalue weighted by Gasteiger charge is 2.14. The summed E-state index contributed by atoms with van der Waals surface area (Å²) in [6.07, 6.45) is 0.787. The van der Waals surface area contributed by atoms with E-state index in [1.54, 1.807) is 23.5 Å². The molecule has 0 spiro atoms. The minimum absolute atomic E-state index is 0.174. The van der Waals surface area contributed by atoms with E-state index in [2.05, 4.69) is 35.0 Å². The molecular formula is C17H16FNS. The lowest BCUT2D eigenvalue weighted by molar-refractivity contribution is 0.588. The molecule has 20 heavy (non-hydrogen) atoms. The van der Waals surface area contributed by atoms with Gasteiger partial charge in [-0.15, -0.1) is 11.3 Å². The summed E-state index contributed by atoms with van der Waals surface area (Å²) in [5.74, 6) is -0.174. The fourth-order valence-electron chi connectivity index (χ4n) is 2.54. The number of thiophene rings is 1. The van der Waals surface area contributed by atoms with Gasteiger partial charge in [0.05, 0.1) is 0 Å². The molecule has 0 aliphatic heterocycles. The lowest BCUT2D eigenvalue weighted by Crippen LogP contribution is -2.18. The van der Waals surface area contributed by atoms with Crippen LogP contribution in [0.2, 0.25) is 0 Å². The second kappa shape index (κ2) is 5.73. The van der Waals surface area contributed by atoms with Crippen LogP contribution in [0.3, 0.4) is 0 Å². The Kier molecular flexibility index (Phi) is 3.81. The van der Waals surface area contributed by atoms with Crippen LogP contribution in [0.4, 0.5) is 4.39 Å². The zero-order valence-corrected chi connectivity index (χ0v) is 12.1. The molecule has 1 N–H and O–H groups in total. The molecule has 1 unspecified atom stereocenters. The van der Waals surface area contributed by atoms with E-state index in [0.717, 1.165) is 12.0 Å². The second-order valence-corrected chi connectivity index (χ2v) is 5.77. The normalized spacial score (nSPS) is 12.7. The highest BCUT2D eigenvalue weighted by molar-refractivity contribution is 7.17. The fourth-order valence-corrected chi connectivity index (χ4v) is 3.55. The maximum Gasteiger partial charge on any atom is 0.123 e. The average Bonchev–Trinajstić information content (AvgIpc) is 2.89. The van der Waals surface area contributed by atoms with Crippen molar-refractivity contribution in [3.8, 4) is 0 Å². The average molecular weight is 285 g/mol. The summed E-state index contributed by atoms with van der Waals surface area (Å²) in [4.78, 5) is 0. The largest absolute Gasteiger partial charge is 0.313 e. The number of likely N-dealkylation sites (N-methyl/N-ethyl adjacent to an activating group) is 1. The summed E-state index contributed by atoms with van der Waals surface area (Å²) in [5, 5.41) is 6.83. The Morgan fingerprint density at radius 2 is 2.00 bits per heavy atom. The molecule has 1 aromatic heterocycles. The highest BCUT2D eigenvalue weighted by atomic mass is 32.1. The molecule has 0 aliphatic carbocycles. The van der Waals surface area contributed by atoms with Crippen molar-refractivity contribution >= 4 is 21.4 Å². The molecule has 0 amide bonds. The van der Waals surface area contributed by atoms with Crippen molar-refractivity contribution in [1.29, 1.82) is 0 Å². The molecule has 0 saturated heterocycles. The molecule has 3 aromatic rings. The van der Waals surface area contributed by atoms with Crippen molar-refractivity contribution < 1.29 is 4.39 Å². The summed E-state index contributed by atoms with van der Waals surface area (Å²) in [5.41, 5.74) is 2.30. The predicted octanol–water partition coefficient (Wildman–Crippen LogP) is 4.54. The molecule has 0 bridgehead atoms. The lowest BCUT2D eigenvalue weighted by atomic mass is 9.98. The van der Waals surface area contributed by atoms with Gasteiger partial charge < -0.3 is 5.32 Å². The maximum absolute atomic E-state index is 13.3.